The van der Waals surface area contributed by atoms with E-state index < -0.39 is 6.04 Å². The third kappa shape index (κ3) is 3.40. The van der Waals surface area contributed by atoms with Gasteiger partial charge >= 0.3 is 0 Å². The predicted octanol–water partition coefficient (Wildman–Crippen LogP) is 0.466. The molecule has 2 amide bonds. The minimum absolute atomic E-state index is 0.0574. The Balaban J connectivity index is 1.82. The molecule has 0 spiro atoms. The second-order valence-electron chi connectivity index (χ2n) is 6.38. The number of carbonyl (C=O) groups excluding carboxylic acids is 2. The number of piperazine rings is 1. The molecule has 3 heterocycles. The molecule has 24 heavy (non-hydrogen) atoms. The van der Waals surface area contributed by atoms with E-state index in [4.69, 9.17) is 0 Å². The zero-order valence-corrected chi connectivity index (χ0v) is 14.2. The van der Waals surface area contributed by atoms with E-state index in [1.54, 1.807) is 11.1 Å². The number of hydrogen-bond donors (Lipinski definition) is 1. The second-order valence-corrected chi connectivity index (χ2v) is 6.38. The molecule has 3 rings (SSSR count). The average Bonchev–Trinajstić information content (AvgIpc) is 3.16. The van der Waals surface area contributed by atoms with E-state index in [1.807, 2.05) is 4.90 Å². The molecule has 0 unspecified atom stereocenters. The summed E-state index contributed by atoms with van der Waals surface area (Å²) in [5.41, 5.74) is 1.30. The fourth-order valence-electron chi connectivity index (χ4n) is 3.44. The van der Waals surface area contributed by atoms with Crippen LogP contribution in [0.3, 0.4) is 0 Å². The summed E-state index contributed by atoms with van der Waals surface area (Å²) in [4.78, 5) is 37.8. The van der Waals surface area contributed by atoms with Gasteiger partial charge in [-0.15, -0.1) is 0 Å². The van der Waals surface area contributed by atoms with Crippen LogP contribution < -0.4 is 5.32 Å². The van der Waals surface area contributed by atoms with Gasteiger partial charge in [0.1, 0.15) is 12.4 Å². The van der Waals surface area contributed by atoms with Crippen molar-refractivity contribution in [3.8, 4) is 0 Å². The largest absolute Gasteiger partial charge is 0.341 e. The lowest BCUT2D eigenvalue weighted by atomic mass is 10.1. The van der Waals surface area contributed by atoms with Gasteiger partial charge in [0.25, 0.3) is 5.91 Å². The molecule has 2 aliphatic heterocycles. The molecule has 7 nitrogen and oxygen atoms in total. The highest BCUT2D eigenvalue weighted by Crippen LogP contribution is 2.17. The molecular formula is C17H25N5O2. The zero-order valence-electron chi connectivity index (χ0n) is 14.2. The zero-order chi connectivity index (χ0) is 16.9. The molecule has 1 aromatic heterocycles. The van der Waals surface area contributed by atoms with Crippen LogP contribution in [0.15, 0.2) is 12.5 Å². The van der Waals surface area contributed by atoms with Crippen molar-refractivity contribution in [2.45, 2.75) is 38.6 Å². The first kappa shape index (κ1) is 16.8. The lowest BCUT2D eigenvalue weighted by molar-refractivity contribution is -0.135. The maximum atomic E-state index is 13.1. The number of rotatable bonds is 4. The lowest BCUT2D eigenvalue weighted by Crippen LogP contribution is -2.60. The highest BCUT2D eigenvalue weighted by molar-refractivity contribution is 5.98. The highest BCUT2D eigenvalue weighted by atomic mass is 16.2. The number of amides is 2. The van der Waals surface area contributed by atoms with E-state index in [0.29, 0.717) is 25.2 Å². The molecule has 7 heteroatoms. The van der Waals surface area contributed by atoms with Crippen molar-refractivity contribution < 1.29 is 9.59 Å². The molecule has 2 fully saturated rings. The number of hydrogen-bond acceptors (Lipinski definition) is 5. The molecule has 0 aliphatic carbocycles. The first-order valence-electron chi connectivity index (χ1n) is 8.81. The SMILES string of the molecule is CCCc1ncncc1C(=O)N1CCNC[C@@H]1C(=O)N1CCCC1. The molecule has 0 aromatic carbocycles. The Labute approximate surface area is 142 Å². The van der Waals surface area contributed by atoms with Crippen molar-refractivity contribution in [1.29, 1.82) is 0 Å². The Bertz CT molecular complexity index is 600. The summed E-state index contributed by atoms with van der Waals surface area (Å²) in [6, 6.07) is -0.431. The summed E-state index contributed by atoms with van der Waals surface area (Å²) in [7, 11) is 0. The molecule has 2 aliphatic rings. The van der Waals surface area contributed by atoms with Crippen molar-refractivity contribution in [2.75, 3.05) is 32.7 Å². The molecular weight excluding hydrogens is 306 g/mol. The van der Waals surface area contributed by atoms with Gasteiger partial charge in [-0.25, -0.2) is 9.97 Å². The van der Waals surface area contributed by atoms with Crippen LogP contribution in [-0.2, 0) is 11.2 Å². The van der Waals surface area contributed by atoms with Gasteiger partial charge in [0.05, 0.1) is 11.3 Å². The smallest absolute Gasteiger partial charge is 0.258 e. The normalized spacial score (nSPS) is 21.1. The molecule has 1 atom stereocenters. The highest BCUT2D eigenvalue weighted by Gasteiger charge is 2.36. The van der Waals surface area contributed by atoms with E-state index in [-0.39, 0.29) is 11.8 Å². The minimum atomic E-state index is -0.431. The van der Waals surface area contributed by atoms with Gasteiger partial charge in [0.15, 0.2) is 0 Å². The first-order valence-corrected chi connectivity index (χ1v) is 8.81. The molecule has 0 saturated carbocycles. The van der Waals surface area contributed by atoms with Gasteiger partial charge in [-0.1, -0.05) is 13.3 Å². The van der Waals surface area contributed by atoms with Crippen LogP contribution in [0.2, 0.25) is 0 Å². The number of carbonyl (C=O) groups is 2. The predicted molar refractivity (Wildman–Crippen MR) is 89.5 cm³/mol. The van der Waals surface area contributed by atoms with E-state index >= 15 is 0 Å². The molecule has 0 radical (unpaired) electrons. The van der Waals surface area contributed by atoms with E-state index in [2.05, 4.69) is 22.2 Å². The standard InChI is InChI=1S/C17H25N5O2/c1-2-5-14-13(10-19-12-20-14)16(23)22-9-6-18-11-15(22)17(24)21-7-3-4-8-21/h10,12,15,18H,2-9,11H2,1H3/t15-/m1/s1. The van der Waals surface area contributed by atoms with Crippen molar-refractivity contribution in [3.63, 3.8) is 0 Å². The Morgan fingerprint density at radius 2 is 2.08 bits per heavy atom. The van der Waals surface area contributed by atoms with Crippen LogP contribution in [0.1, 0.15) is 42.2 Å². The van der Waals surface area contributed by atoms with Gasteiger partial charge in [0, 0.05) is 38.9 Å². The summed E-state index contributed by atoms with van der Waals surface area (Å²) in [5, 5.41) is 3.24. The topological polar surface area (TPSA) is 78.4 Å². The summed E-state index contributed by atoms with van der Waals surface area (Å²) in [5.74, 6) is -0.0694. The molecule has 130 valence electrons. The molecule has 1 aromatic rings. The van der Waals surface area contributed by atoms with Crippen LogP contribution >= 0.6 is 0 Å². The maximum Gasteiger partial charge on any atom is 0.258 e. The molecule has 1 N–H and O–H groups in total. The van der Waals surface area contributed by atoms with Crippen LogP contribution in [0, 0.1) is 0 Å². The third-order valence-corrected chi connectivity index (χ3v) is 4.72. The van der Waals surface area contributed by atoms with Crippen molar-refractivity contribution >= 4 is 11.8 Å². The summed E-state index contributed by atoms with van der Waals surface area (Å²) in [6.45, 7) is 5.40. The lowest BCUT2D eigenvalue weighted by Gasteiger charge is -2.37. The van der Waals surface area contributed by atoms with Gasteiger partial charge in [-0.05, 0) is 19.3 Å². The minimum Gasteiger partial charge on any atom is -0.341 e. The molecule has 2 saturated heterocycles. The third-order valence-electron chi connectivity index (χ3n) is 4.72. The Hall–Kier alpha value is -2.02. The van der Waals surface area contributed by atoms with E-state index in [0.717, 1.165) is 44.5 Å². The van der Waals surface area contributed by atoms with E-state index in [1.165, 1.54) is 6.33 Å². The fourth-order valence-corrected chi connectivity index (χ4v) is 3.44. The number of aromatic nitrogens is 2. The van der Waals surface area contributed by atoms with Crippen LogP contribution in [-0.4, -0.2) is 70.3 Å². The summed E-state index contributed by atoms with van der Waals surface area (Å²) >= 11 is 0. The second kappa shape index (κ2) is 7.70. The number of aryl methyl sites for hydroxylation is 1. The van der Waals surface area contributed by atoms with Crippen LogP contribution in [0.5, 0.6) is 0 Å². The van der Waals surface area contributed by atoms with Crippen LogP contribution in [0.25, 0.3) is 0 Å². The number of likely N-dealkylation sites (tertiary alicyclic amines) is 1. The monoisotopic (exact) mass is 331 g/mol. The summed E-state index contributed by atoms with van der Waals surface area (Å²) < 4.78 is 0. The Kier molecular flexibility index (Phi) is 5.40. The van der Waals surface area contributed by atoms with Crippen molar-refractivity contribution in [2.24, 2.45) is 0 Å². The Morgan fingerprint density at radius 3 is 2.83 bits per heavy atom. The summed E-state index contributed by atoms with van der Waals surface area (Å²) in [6.07, 6.45) is 6.81. The maximum absolute atomic E-state index is 13.1. The average molecular weight is 331 g/mol. The fraction of sp³-hybridized carbons (Fsp3) is 0.647. The number of nitrogens with zero attached hydrogens (tertiary/aromatic N) is 4. The van der Waals surface area contributed by atoms with Crippen molar-refractivity contribution in [3.05, 3.63) is 23.8 Å². The van der Waals surface area contributed by atoms with Crippen LogP contribution in [0.4, 0.5) is 0 Å². The first-order chi connectivity index (χ1) is 11.7. The molecule has 0 bridgehead atoms. The van der Waals surface area contributed by atoms with Gasteiger partial charge in [-0.3, -0.25) is 9.59 Å². The number of nitrogens with one attached hydrogen (secondary N) is 1. The quantitative estimate of drug-likeness (QED) is 0.867. The van der Waals surface area contributed by atoms with Gasteiger partial charge < -0.3 is 15.1 Å². The van der Waals surface area contributed by atoms with Gasteiger partial charge in [0.2, 0.25) is 5.91 Å². The van der Waals surface area contributed by atoms with Crippen molar-refractivity contribution in [1.82, 2.24) is 25.1 Å². The Morgan fingerprint density at radius 1 is 1.29 bits per heavy atom. The van der Waals surface area contributed by atoms with Gasteiger partial charge in [-0.2, -0.15) is 0 Å². The van der Waals surface area contributed by atoms with E-state index in [9.17, 15) is 9.59 Å².